The third-order valence-corrected chi connectivity index (χ3v) is 2.57. The first kappa shape index (κ1) is 7.64. The lowest BCUT2D eigenvalue weighted by Crippen LogP contribution is -2.42. The Morgan fingerprint density at radius 2 is 2.20 bits per heavy atom. The summed E-state index contributed by atoms with van der Waals surface area (Å²) in [4.78, 5) is 24.9. The number of carbonyl (C=O) groups is 2. The first-order chi connectivity index (χ1) is 4.61. The monoisotopic (exact) mass is 252 g/mol. The molecule has 1 aliphatic heterocycles. The molecule has 0 spiro atoms. The van der Waals surface area contributed by atoms with Crippen LogP contribution in [0, 0.1) is 0 Å². The van der Waals surface area contributed by atoms with E-state index in [9.17, 15) is 9.59 Å². The Morgan fingerprint density at radius 1 is 1.60 bits per heavy atom. The number of urea groups is 1. The van der Waals surface area contributed by atoms with Crippen LogP contribution < -0.4 is 5.32 Å². The van der Waals surface area contributed by atoms with E-state index in [1.807, 2.05) is 22.6 Å². The number of nitrogens with one attached hydrogen (secondary N) is 1. The summed E-state index contributed by atoms with van der Waals surface area (Å²) in [6.07, 6.45) is 0. The largest absolute Gasteiger partial charge is 0.347 e. The van der Waals surface area contributed by atoms with Gasteiger partial charge in [-0.25, -0.2) is 9.79 Å². The van der Waals surface area contributed by atoms with Crippen molar-refractivity contribution < 1.29 is 9.59 Å². The number of halogens is 1. The van der Waals surface area contributed by atoms with Crippen molar-refractivity contribution in [1.82, 2.24) is 5.32 Å². The summed E-state index contributed by atoms with van der Waals surface area (Å²) in [5, 5.41) is 2.09. The van der Waals surface area contributed by atoms with Gasteiger partial charge in [0.15, 0.2) is 0 Å². The highest BCUT2D eigenvalue weighted by molar-refractivity contribution is 14.1. The normalized spacial score (nSPS) is 25.8. The standard InChI is InChI=1S/C5H5IN2O2/c1-2-3(6)4(9)8-5(10)7-2/h3H,1H3,(H,8,9,10). The van der Waals surface area contributed by atoms with Gasteiger partial charge in [0.1, 0.15) is 3.92 Å². The van der Waals surface area contributed by atoms with Gasteiger partial charge < -0.3 is 0 Å². The molecular weight excluding hydrogens is 247 g/mol. The molecule has 1 heterocycles. The molecule has 4 nitrogen and oxygen atoms in total. The molecule has 0 radical (unpaired) electrons. The van der Waals surface area contributed by atoms with Crippen LogP contribution in [-0.2, 0) is 4.79 Å². The van der Waals surface area contributed by atoms with E-state index in [2.05, 4.69) is 10.3 Å². The number of aliphatic imine (C=N–C) groups is 1. The number of amides is 3. The van der Waals surface area contributed by atoms with Crippen LogP contribution in [0.25, 0.3) is 0 Å². The van der Waals surface area contributed by atoms with Crippen LogP contribution in [0.3, 0.4) is 0 Å². The Balaban J connectivity index is 2.91. The van der Waals surface area contributed by atoms with Gasteiger partial charge in [0.2, 0.25) is 5.91 Å². The van der Waals surface area contributed by atoms with Gasteiger partial charge in [-0.05, 0) is 6.92 Å². The Labute approximate surface area is 71.2 Å². The molecule has 5 heteroatoms. The minimum Gasteiger partial charge on any atom is -0.275 e. The maximum absolute atomic E-state index is 10.8. The second-order valence-corrected chi connectivity index (χ2v) is 3.16. The molecule has 0 aromatic heterocycles. The second-order valence-electron chi connectivity index (χ2n) is 1.91. The van der Waals surface area contributed by atoms with Gasteiger partial charge in [0, 0.05) is 5.71 Å². The number of imide groups is 1. The van der Waals surface area contributed by atoms with Crippen molar-refractivity contribution in [1.29, 1.82) is 0 Å². The van der Waals surface area contributed by atoms with E-state index in [-0.39, 0.29) is 9.83 Å². The molecule has 1 unspecified atom stereocenters. The lowest BCUT2D eigenvalue weighted by molar-refractivity contribution is -0.118. The molecule has 3 amide bonds. The lowest BCUT2D eigenvalue weighted by Gasteiger charge is -2.12. The summed E-state index contributed by atoms with van der Waals surface area (Å²) in [5.41, 5.74) is 0.564. The Morgan fingerprint density at radius 3 is 2.70 bits per heavy atom. The van der Waals surface area contributed by atoms with Gasteiger partial charge in [0.25, 0.3) is 0 Å². The number of alkyl halides is 1. The quantitative estimate of drug-likeness (QED) is 0.504. The van der Waals surface area contributed by atoms with Gasteiger partial charge in [-0.15, -0.1) is 0 Å². The highest BCUT2D eigenvalue weighted by atomic mass is 127. The SMILES string of the molecule is CC1=NC(=O)NC(=O)C1I. The molecule has 0 aliphatic carbocycles. The zero-order valence-corrected chi connectivity index (χ0v) is 7.38. The molecule has 1 rings (SSSR count). The Hall–Kier alpha value is -0.460. The number of rotatable bonds is 0. The van der Waals surface area contributed by atoms with E-state index < -0.39 is 6.03 Å². The molecule has 10 heavy (non-hydrogen) atoms. The topological polar surface area (TPSA) is 58.5 Å². The minimum absolute atomic E-state index is 0.280. The van der Waals surface area contributed by atoms with Crippen LogP contribution >= 0.6 is 22.6 Å². The molecule has 1 N–H and O–H groups in total. The van der Waals surface area contributed by atoms with Crippen LogP contribution in [0.15, 0.2) is 4.99 Å². The summed E-state index contributed by atoms with van der Waals surface area (Å²) in [6.45, 7) is 1.66. The number of carbonyl (C=O) groups excluding carboxylic acids is 2. The fraction of sp³-hybridized carbons (Fsp3) is 0.400. The first-order valence-corrected chi connectivity index (χ1v) is 3.90. The van der Waals surface area contributed by atoms with Crippen molar-refractivity contribution in [2.24, 2.45) is 4.99 Å². The molecule has 0 saturated carbocycles. The van der Waals surface area contributed by atoms with Crippen molar-refractivity contribution in [3.05, 3.63) is 0 Å². The molecule has 0 aromatic rings. The van der Waals surface area contributed by atoms with E-state index in [1.165, 1.54) is 0 Å². The molecule has 1 aliphatic rings. The number of nitrogens with zero attached hydrogens (tertiary/aromatic N) is 1. The van der Waals surface area contributed by atoms with Crippen molar-refractivity contribution in [2.45, 2.75) is 10.8 Å². The fourth-order valence-corrected chi connectivity index (χ4v) is 0.898. The van der Waals surface area contributed by atoms with E-state index in [1.54, 1.807) is 6.92 Å². The summed E-state index contributed by atoms with van der Waals surface area (Å²) in [6, 6.07) is -0.560. The van der Waals surface area contributed by atoms with Gasteiger partial charge in [0.05, 0.1) is 0 Å². The van der Waals surface area contributed by atoms with Gasteiger partial charge in [-0.2, -0.15) is 0 Å². The molecular formula is C5H5IN2O2. The third-order valence-electron chi connectivity index (χ3n) is 1.11. The van der Waals surface area contributed by atoms with E-state index in [4.69, 9.17) is 0 Å². The maximum Gasteiger partial charge on any atom is 0.347 e. The summed E-state index contributed by atoms with van der Waals surface area (Å²) >= 11 is 1.92. The predicted octanol–water partition coefficient (Wildman–Crippen LogP) is 0.501. The number of hydrogen-bond donors (Lipinski definition) is 1. The van der Waals surface area contributed by atoms with Gasteiger partial charge in [-0.1, -0.05) is 22.6 Å². The maximum atomic E-state index is 10.8. The summed E-state index contributed by atoms with van der Waals surface area (Å²) in [5.74, 6) is -0.280. The average molecular weight is 252 g/mol. The third kappa shape index (κ3) is 1.34. The van der Waals surface area contributed by atoms with Crippen LogP contribution in [-0.4, -0.2) is 21.6 Å². The molecule has 0 aromatic carbocycles. The van der Waals surface area contributed by atoms with E-state index >= 15 is 0 Å². The number of hydrogen-bond acceptors (Lipinski definition) is 2. The first-order valence-electron chi connectivity index (χ1n) is 2.65. The molecule has 0 saturated heterocycles. The van der Waals surface area contributed by atoms with Crippen LogP contribution in [0.4, 0.5) is 4.79 Å². The zero-order valence-electron chi connectivity index (χ0n) is 5.22. The summed E-state index contributed by atoms with van der Waals surface area (Å²) in [7, 11) is 0. The predicted molar refractivity (Wildman–Crippen MR) is 44.5 cm³/mol. The average Bonchev–Trinajstić information content (AvgIpc) is 1.82. The van der Waals surface area contributed by atoms with Crippen molar-refractivity contribution in [2.75, 3.05) is 0 Å². The zero-order chi connectivity index (χ0) is 7.72. The smallest absolute Gasteiger partial charge is 0.275 e. The van der Waals surface area contributed by atoms with Crippen LogP contribution in [0.2, 0.25) is 0 Å². The summed E-state index contributed by atoms with van der Waals surface area (Å²) < 4.78 is -0.296. The van der Waals surface area contributed by atoms with E-state index in [0.29, 0.717) is 5.71 Å². The van der Waals surface area contributed by atoms with Crippen LogP contribution in [0.5, 0.6) is 0 Å². The Bertz CT molecular complexity index is 224. The van der Waals surface area contributed by atoms with Crippen molar-refractivity contribution in [3.63, 3.8) is 0 Å². The van der Waals surface area contributed by atoms with Gasteiger partial charge in [-0.3, -0.25) is 10.1 Å². The lowest BCUT2D eigenvalue weighted by atomic mass is 10.2. The second kappa shape index (κ2) is 2.65. The minimum atomic E-state index is -0.560. The fourth-order valence-electron chi connectivity index (χ4n) is 0.603. The van der Waals surface area contributed by atoms with Crippen molar-refractivity contribution in [3.8, 4) is 0 Å². The highest BCUT2D eigenvalue weighted by Gasteiger charge is 2.24. The Kier molecular flexibility index (Phi) is 2.02. The van der Waals surface area contributed by atoms with E-state index in [0.717, 1.165) is 0 Å². The van der Waals surface area contributed by atoms with Crippen molar-refractivity contribution >= 4 is 40.2 Å². The molecule has 1 atom stereocenters. The molecule has 0 fully saturated rings. The van der Waals surface area contributed by atoms with Crippen LogP contribution in [0.1, 0.15) is 6.92 Å². The molecule has 0 bridgehead atoms. The van der Waals surface area contributed by atoms with Gasteiger partial charge >= 0.3 is 6.03 Å². The molecule has 54 valence electrons. The highest BCUT2D eigenvalue weighted by Crippen LogP contribution is 2.07.